The normalized spacial score (nSPS) is 20.1. The second-order valence-corrected chi connectivity index (χ2v) is 8.36. The number of fused-ring (bicyclic) bond motifs is 4. The SMILES string of the molecule is CC[C@H]1NCc2cncn2Cc2ccc(C#N)c(c2)Oc2ccc3c(c2)[C@@H](CC3)NC1=O. The Morgan fingerprint density at radius 3 is 3.03 bits per heavy atom. The Hall–Kier alpha value is -3.63. The number of benzene rings is 2. The molecule has 2 aromatic carbocycles. The van der Waals surface area contributed by atoms with Crippen LogP contribution in [-0.4, -0.2) is 21.5 Å². The molecule has 0 saturated carbocycles. The van der Waals surface area contributed by atoms with E-state index in [2.05, 4.69) is 27.8 Å². The molecule has 32 heavy (non-hydrogen) atoms. The molecule has 1 aromatic heterocycles. The van der Waals surface area contributed by atoms with Gasteiger partial charge < -0.3 is 19.9 Å². The largest absolute Gasteiger partial charge is 0.456 e. The van der Waals surface area contributed by atoms with Crippen molar-refractivity contribution in [1.29, 1.82) is 5.26 Å². The predicted molar refractivity (Wildman–Crippen MR) is 119 cm³/mol. The van der Waals surface area contributed by atoms with Crippen LogP contribution in [0.15, 0.2) is 48.9 Å². The fourth-order valence-electron chi connectivity index (χ4n) is 4.52. The second kappa shape index (κ2) is 8.48. The van der Waals surface area contributed by atoms with Gasteiger partial charge in [0, 0.05) is 19.3 Å². The number of rotatable bonds is 1. The quantitative estimate of drug-likeness (QED) is 0.619. The molecule has 1 amide bonds. The fourth-order valence-corrected chi connectivity index (χ4v) is 4.52. The number of aromatic nitrogens is 2. The van der Waals surface area contributed by atoms with Crippen molar-refractivity contribution in [3.05, 3.63) is 76.9 Å². The number of nitrogens with zero attached hydrogens (tertiary/aromatic N) is 3. The summed E-state index contributed by atoms with van der Waals surface area (Å²) in [6.45, 7) is 3.14. The van der Waals surface area contributed by atoms with Crippen molar-refractivity contribution >= 4 is 5.91 Å². The van der Waals surface area contributed by atoms with Gasteiger partial charge in [-0.3, -0.25) is 4.79 Å². The standard InChI is InChI=1S/C25H25N5O2/c1-2-22-25(31)29-23-8-6-17-5-7-20(10-21(17)23)32-24-9-16(3-4-18(24)11-26)14-30-15-27-12-19(30)13-28-22/h3-5,7,9-10,12,15,22-23,28H,2,6,8,13-14H2,1H3,(H,29,31)/t22-,23-/m1/s1. The number of imidazole rings is 1. The molecule has 4 bridgehead atoms. The minimum Gasteiger partial charge on any atom is -0.456 e. The molecule has 5 rings (SSSR count). The van der Waals surface area contributed by atoms with Gasteiger partial charge in [0.15, 0.2) is 0 Å². The maximum Gasteiger partial charge on any atom is 0.237 e. The van der Waals surface area contributed by atoms with Crippen LogP contribution in [-0.2, 0) is 24.3 Å². The Balaban J connectivity index is 1.57. The van der Waals surface area contributed by atoms with Crippen LogP contribution < -0.4 is 15.4 Å². The highest BCUT2D eigenvalue weighted by Gasteiger charge is 2.27. The summed E-state index contributed by atoms with van der Waals surface area (Å²) in [7, 11) is 0. The topological polar surface area (TPSA) is 92.0 Å². The van der Waals surface area contributed by atoms with Crippen LogP contribution in [0.5, 0.6) is 11.5 Å². The van der Waals surface area contributed by atoms with Gasteiger partial charge in [0.1, 0.15) is 17.6 Å². The van der Waals surface area contributed by atoms with Crippen molar-refractivity contribution in [2.75, 3.05) is 0 Å². The summed E-state index contributed by atoms with van der Waals surface area (Å²) in [6, 6.07) is 13.5. The molecule has 2 N–H and O–H groups in total. The van der Waals surface area contributed by atoms with Gasteiger partial charge in [0.05, 0.1) is 29.7 Å². The molecule has 1 aliphatic carbocycles. The van der Waals surface area contributed by atoms with Crippen LogP contribution in [0.4, 0.5) is 0 Å². The molecule has 7 nitrogen and oxygen atoms in total. The van der Waals surface area contributed by atoms with Crippen molar-refractivity contribution in [3.63, 3.8) is 0 Å². The minimum atomic E-state index is -0.281. The summed E-state index contributed by atoms with van der Waals surface area (Å²) in [5.74, 6) is 1.20. The number of carbonyl (C=O) groups excluding carboxylic acids is 1. The second-order valence-electron chi connectivity index (χ2n) is 8.36. The summed E-state index contributed by atoms with van der Waals surface area (Å²) in [5, 5.41) is 16.2. The fraction of sp³-hybridized carbons (Fsp3) is 0.320. The molecule has 7 heteroatoms. The summed E-state index contributed by atoms with van der Waals surface area (Å²) >= 11 is 0. The summed E-state index contributed by atoms with van der Waals surface area (Å²) < 4.78 is 8.22. The molecule has 2 atom stereocenters. The van der Waals surface area contributed by atoms with Gasteiger partial charge in [-0.25, -0.2) is 4.98 Å². The monoisotopic (exact) mass is 427 g/mol. The Bertz CT molecular complexity index is 1210. The lowest BCUT2D eigenvalue weighted by molar-refractivity contribution is -0.124. The van der Waals surface area contributed by atoms with E-state index < -0.39 is 0 Å². The molecule has 0 unspecified atom stereocenters. The number of hydrogen-bond donors (Lipinski definition) is 2. The van der Waals surface area contributed by atoms with Crippen LogP contribution in [0.2, 0.25) is 0 Å². The highest BCUT2D eigenvalue weighted by Crippen LogP contribution is 2.36. The zero-order valence-electron chi connectivity index (χ0n) is 18.0. The number of carbonyl (C=O) groups is 1. The maximum atomic E-state index is 13.0. The molecule has 0 saturated heterocycles. The molecule has 2 heterocycles. The first-order valence-electron chi connectivity index (χ1n) is 11.0. The molecular weight excluding hydrogens is 402 g/mol. The summed E-state index contributed by atoms with van der Waals surface area (Å²) in [4.78, 5) is 17.3. The molecular formula is C25H25N5O2. The number of nitriles is 1. The van der Waals surface area contributed by atoms with Crippen LogP contribution in [0.3, 0.4) is 0 Å². The molecule has 162 valence electrons. The van der Waals surface area contributed by atoms with Crippen LogP contribution in [0.1, 0.15) is 53.8 Å². The van der Waals surface area contributed by atoms with Gasteiger partial charge in [0.25, 0.3) is 0 Å². The van der Waals surface area contributed by atoms with Crippen molar-refractivity contribution in [1.82, 2.24) is 20.2 Å². The van der Waals surface area contributed by atoms with Gasteiger partial charge >= 0.3 is 0 Å². The Morgan fingerprint density at radius 1 is 1.28 bits per heavy atom. The highest BCUT2D eigenvalue weighted by atomic mass is 16.5. The number of hydrogen-bond acceptors (Lipinski definition) is 5. The van der Waals surface area contributed by atoms with Crippen molar-refractivity contribution in [3.8, 4) is 17.6 Å². The molecule has 0 fully saturated rings. The van der Waals surface area contributed by atoms with Crippen LogP contribution in [0.25, 0.3) is 0 Å². The molecule has 0 spiro atoms. The number of nitrogens with one attached hydrogen (secondary N) is 2. The number of aryl methyl sites for hydroxylation is 1. The third-order valence-corrected chi connectivity index (χ3v) is 6.31. The average Bonchev–Trinajstić information content (AvgIpc) is 3.40. The molecule has 2 aliphatic rings. The lowest BCUT2D eigenvalue weighted by Crippen LogP contribution is -2.44. The maximum absolute atomic E-state index is 13.0. The molecule has 1 aliphatic heterocycles. The van der Waals surface area contributed by atoms with Gasteiger partial charge in [0.2, 0.25) is 5.91 Å². The van der Waals surface area contributed by atoms with E-state index in [9.17, 15) is 10.1 Å². The summed E-state index contributed by atoms with van der Waals surface area (Å²) in [5.41, 5.74) is 4.80. The van der Waals surface area contributed by atoms with E-state index in [0.29, 0.717) is 36.6 Å². The average molecular weight is 428 g/mol. The number of amides is 1. The smallest absolute Gasteiger partial charge is 0.237 e. The molecule has 3 aromatic rings. The van der Waals surface area contributed by atoms with Gasteiger partial charge in [-0.15, -0.1) is 0 Å². The molecule has 0 radical (unpaired) electrons. The first-order valence-corrected chi connectivity index (χ1v) is 11.0. The third kappa shape index (κ3) is 3.85. The zero-order valence-corrected chi connectivity index (χ0v) is 18.0. The van der Waals surface area contributed by atoms with Gasteiger partial charge in [-0.2, -0.15) is 5.26 Å². The van der Waals surface area contributed by atoms with Gasteiger partial charge in [-0.1, -0.05) is 19.1 Å². The third-order valence-electron chi connectivity index (χ3n) is 6.31. The van der Waals surface area contributed by atoms with Gasteiger partial charge in [-0.05, 0) is 60.2 Å². The van der Waals surface area contributed by atoms with Crippen LogP contribution in [0, 0.1) is 11.3 Å². The van der Waals surface area contributed by atoms with Crippen molar-refractivity contribution in [2.24, 2.45) is 0 Å². The Kier molecular flexibility index (Phi) is 5.38. The van der Waals surface area contributed by atoms with E-state index in [-0.39, 0.29) is 18.0 Å². The predicted octanol–water partition coefficient (Wildman–Crippen LogP) is 3.58. The minimum absolute atomic E-state index is 0.00631. The van der Waals surface area contributed by atoms with Crippen molar-refractivity contribution < 1.29 is 9.53 Å². The van der Waals surface area contributed by atoms with E-state index in [1.165, 1.54) is 5.56 Å². The number of ether oxygens (including phenoxy) is 1. The van der Waals surface area contributed by atoms with E-state index in [1.807, 2.05) is 42.0 Å². The van der Waals surface area contributed by atoms with E-state index in [4.69, 9.17) is 4.74 Å². The van der Waals surface area contributed by atoms with E-state index in [1.54, 1.807) is 12.4 Å². The van der Waals surface area contributed by atoms with Crippen molar-refractivity contribution in [2.45, 2.75) is 51.4 Å². The highest BCUT2D eigenvalue weighted by molar-refractivity contribution is 5.82. The lowest BCUT2D eigenvalue weighted by atomic mass is 10.1. The van der Waals surface area contributed by atoms with E-state index >= 15 is 0 Å². The first-order chi connectivity index (χ1) is 15.6. The first kappa shape index (κ1) is 20.3. The Labute approximate surface area is 187 Å². The van der Waals surface area contributed by atoms with Crippen LogP contribution >= 0.6 is 0 Å². The zero-order chi connectivity index (χ0) is 22.1. The van der Waals surface area contributed by atoms with E-state index in [0.717, 1.165) is 29.7 Å². The lowest BCUT2D eigenvalue weighted by Gasteiger charge is -2.22. The summed E-state index contributed by atoms with van der Waals surface area (Å²) in [6.07, 6.45) is 6.08. The Morgan fingerprint density at radius 2 is 2.19 bits per heavy atom.